The normalized spacial score (nSPS) is 22.2. The smallest absolute Gasteiger partial charge is 0.143 e. The number of Topliss-reactive ketones (excluding diaryl/α,β-unsaturated/α-hetero) is 1. The number of aromatic nitrogens is 2. The average molecular weight is 262 g/mol. The van der Waals surface area contributed by atoms with Gasteiger partial charge in [0.05, 0.1) is 12.1 Å². The first-order valence-electron chi connectivity index (χ1n) is 7.28. The number of hydrogen-bond acceptors (Lipinski definition) is 2. The van der Waals surface area contributed by atoms with Crippen LogP contribution in [-0.2, 0) is 11.2 Å². The fourth-order valence-corrected chi connectivity index (χ4v) is 3.19. The average Bonchev–Trinajstić information content (AvgIpc) is 2.69. The molecule has 1 aliphatic carbocycles. The summed E-state index contributed by atoms with van der Waals surface area (Å²) < 4.78 is 1.96. The fourth-order valence-electron chi connectivity index (χ4n) is 3.19. The highest BCUT2D eigenvalue weighted by atomic mass is 16.1. The molecule has 0 saturated heterocycles. The van der Waals surface area contributed by atoms with E-state index in [1.165, 1.54) is 0 Å². The quantitative estimate of drug-likeness (QED) is 0.812. The first-order valence-corrected chi connectivity index (χ1v) is 7.28. The molecule has 1 unspecified atom stereocenters. The number of carbonyl (C=O) groups is 1. The van der Waals surface area contributed by atoms with Crippen molar-refractivity contribution in [2.75, 3.05) is 0 Å². The Labute approximate surface area is 116 Å². The van der Waals surface area contributed by atoms with Gasteiger partial charge in [-0.2, -0.15) is 5.10 Å². The van der Waals surface area contributed by atoms with Crippen LogP contribution in [-0.4, -0.2) is 15.6 Å². The van der Waals surface area contributed by atoms with E-state index in [2.05, 4.69) is 46.6 Å². The topological polar surface area (TPSA) is 34.9 Å². The molecule has 1 saturated carbocycles. The zero-order chi connectivity index (χ0) is 14.4. The van der Waals surface area contributed by atoms with Crippen LogP contribution in [0.3, 0.4) is 0 Å². The van der Waals surface area contributed by atoms with Crippen LogP contribution >= 0.6 is 0 Å². The fraction of sp³-hybridized carbons (Fsp3) is 0.750. The molecule has 3 heteroatoms. The molecule has 0 aliphatic heterocycles. The molecule has 1 fully saturated rings. The molecule has 3 nitrogen and oxygen atoms in total. The molecule has 0 N–H and O–H groups in total. The standard InChI is InChI=1S/C16H26N2O/c1-7-11(2)18-9-8-12(17-18)10-13(19)14-15(3,4)16(14,5)6/h8-9,11,14H,7,10H2,1-6H3. The van der Waals surface area contributed by atoms with E-state index in [4.69, 9.17) is 0 Å². The maximum absolute atomic E-state index is 12.4. The molecule has 1 atom stereocenters. The lowest BCUT2D eigenvalue weighted by Gasteiger charge is -2.08. The van der Waals surface area contributed by atoms with Gasteiger partial charge < -0.3 is 0 Å². The molecule has 0 spiro atoms. The second kappa shape index (κ2) is 4.46. The van der Waals surface area contributed by atoms with Crippen molar-refractivity contribution in [1.29, 1.82) is 0 Å². The van der Waals surface area contributed by atoms with Crippen LogP contribution in [0.2, 0.25) is 0 Å². The van der Waals surface area contributed by atoms with Crippen molar-refractivity contribution in [3.8, 4) is 0 Å². The van der Waals surface area contributed by atoms with Crippen molar-refractivity contribution in [1.82, 2.24) is 9.78 Å². The van der Waals surface area contributed by atoms with Crippen LogP contribution in [0.25, 0.3) is 0 Å². The van der Waals surface area contributed by atoms with Crippen molar-refractivity contribution in [2.45, 2.75) is 60.4 Å². The summed E-state index contributed by atoms with van der Waals surface area (Å²) in [6.45, 7) is 13.0. The number of carbonyl (C=O) groups excluding carboxylic acids is 1. The summed E-state index contributed by atoms with van der Waals surface area (Å²) in [5.74, 6) is 0.512. The van der Waals surface area contributed by atoms with E-state index in [0.29, 0.717) is 18.2 Å². The number of nitrogens with zero attached hydrogens (tertiary/aromatic N) is 2. The van der Waals surface area contributed by atoms with Gasteiger partial charge >= 0.3 is 0 Å². The Kier molecular flexibility index (Phi) is 3.36. The molecular weight excluding hydrogens is 236 g/mol. The van der Waals surface area contributed by atoms with E-state index in [-0.39, 0.29) is 16.7 Å². The number of ketones is 1. The third-order valence-corrected chi connectivity index (χ3v) is 5.40. The highest BCUT2D eigenvalue weighted by Gasteiger charge is 2.67. The van der Waals surface area contributed by atoms with E-state index in [0.717, 1.165) is 12.1 Å². The molecular formula is C16H26N2O. The van der Waals surface area contributed by atoms with Gasteiger partial charge in [-0.05, 0) is 30.2 Å². The molecule has 1 heterocycles. The first-order chi connectivity index (χ1) is 8.71. The number of hydrogen-bond donors (Lipinski definition) is 0. The SMILES string of the molecule is CCC(C)n1ccc(CC(=O)C2C(C)(C)C2(C)C)n1. The third-order valence-electron chi connectivity index (χ3n) is 5.40. The third kappa shape index (κ3) is 2.24. The molecule has 2 rings (SSSR count). The zero-order valence-electron chi connectivity index (χ0n) is 13.0. The maximum Gasteiger partial charge on any atom is 0.143 e. The lowest BCUT2D eigenvalue weighted by atomic mass is 10.0. The van der Waals surface area contributed by atoms with Gasteiger partial charge in [0, 0.05) is 18.2 Å². The van der Waals surface area contributed by atoms with Gasteiger partial charge in [-0.1, -0.05) is 34.6 Å². The van der Waals surface area contributed by atoms with Gasteiger partial charge in [0.2, 0.25) is 0 Å². The molecule has 0 aromatic carbocycles. The summed E-state index contributed by atoms with van der Waals surface area (Å²) in [6.07, 6.45) is 3.51. The van der Waals surface area contributed by atoms with Gasteiger partial charge in [0.25, 0.3) is 0 Å². The van der Waals surface area contributed by atoms with Crippen molar-refractivity contribution >= 4 is 5.78 Å². The summed E-state index contributed by atoms with van der Waals surface area (Å²) in [5.41, 5.74) is 1.16. The van der Waals surface area contributed by atoms with Crippen LogP contribution in [0.1, 0.15) is 59.7 Å². The largest absolute Gasteiger partial charge is 0.299 e. The Balaban J connectivity index is 2.03. The molecule has 0 amide bonds. The molecule has 1 aromatic rings. The van der Waals surface area contributed by atoms with Crippen LogP contribution in [0.5, 0.6) is 0 Å². The summed E-state index contributed by atoms with van der Waals surface area (Å²) in [7, 11) is 0. The van der Waals surface area contributed by atoms with Crippen LogP contribution in [0.4, 0.5) is 0 Å². The predicted molar refractivity (Wildman–Crippen MR) is 77.0 cm³/mol. The minimum Gasteiger partial charge on any atom is -0.299 e. The maximum atomic E-state index is 12.4. The van der Waals surface area contributed by atoms with E-state index in [1.54, 1.807) is 0 Å². The summed E-state index contributed by atoms with van der Waals surface area (Å²) in [6, 6.07) is 2.38. The summed E-state index contributed by atoms with van der Waals surface area (Å²) >= 11 is 0. The first kappa shape index (κ1) is 14.3. The van der Waals surface area contributed by atoms with E-state index < -0.39 is 0 Å². The second-order valence-corrected chi connectivity index (χ2v) is 7.06. The Morgan fingerprint density at radius 3 is 2.42 bits per heavy atom. The summed E-state index contributed by atoms with van der Waals surface area (Å²) in [5, 5.41) is 4.52. The van der Waals surface area contributed by atoms with Gasteiger partial charge in [0.15, 0.2) is 0 Å². The van der Waals surface area contributed by atoms with Gasteiger partial charge in [-0.3, -0.25) is 9.48 Å². The van der Waals surface area contributed by atoms with E-state index in [9.17, 15) is 4.79 Å². The zero-order valence-corrected chi connectivity index (χ0v) is 13.0. The summed E-state index contributed by atoms with van der Waals surface area (Å²) in [4.78, 5) is 12.4. The molecule has 0 bridgehead atoms. The Bertz CT molecular complexity index is 471. The van der Waals surface area contributed by atoms with Gasteiger partial charge in [0.1, 0.15) is 5.78 Å². The molecule has 1 aromatic heterocycles. The van der Waals surface area contributed by atoms with Crippen molar-refractivity contribution < 1.29 is 4.79 Å². The van der Waals surface area contributed by atoms with Crippen molar-refractivity contribution in [2.24, 2.45) is 16.7 Å². The Hall–Kier alpha value is -1.12. The van der Waals surface area contributed by atoms with Crippen molar-refractivity contribution in [3.63, 3.8) is 0 Å². The van der Waals surface area contributed by atoms with Crippen molar-refractivity contribution in [3.05, 3.63) is 18.0 Å². The molecule has 106 valence electrons. The van der Waals surface area contributed by atoms with Crippen LogP contribution in [0.15, 0.2) is 12.3 Å². The van der Waals surface area contributed by atoms with E-state index >= 15 is 0 Å². The van der Waals surface area contributed by atoms with Crippen LogP contribution in [0, 0.1) is 16.7 Å². The highest BCUT2D eigenvalue weighted by Crippen LogP contribution is 2.68. The van der Waals surface area contributed by atoms with E-state index in [1.807, 2.05) is 16.9 Å². The number of rotatable bonds is 5. The minimum absolute atomic E-state index is 0.128. The van der Waals surface area contributed by atoms with Gasteiger partial charge in [-0.15, -0.1) is 0 Å². The predicted octanol–water partition coefficient (Wildman–Crippen LogP) is 3.65. The Morgan fingerprint density at radius 1 is 1.37 bits per heavy atom. The highest BCUT2D eigenvalue weighted by molar-refractivity contribution is 5.87. The van der Waals surface area contributed by atoms with Crippen LogP contribution < -0.4 is 0 Å². The lowest BCUT2D eigenvalue weighted by Crippen LogP contribution is -2.12. The Morgan fingerprint density at radius 2 is 1.95 bits per heavy atom. The molecule has 0 radical (unpaired) electrons. The minimum atomic E-state index is 0.128. The monoisotopic (exact) mass is 262 g/mol. The molecule has 1 aliphatic rings. The second-order valence-electron chi connectivity index (χ2n) is 7.06. The molecule has 19 heavy (non-hydrogen) atoms. The van der Waals surface area contributed by atoms with Gasteiger partial charge in [-0.25, -0.2) is 0 Å². The lowest BCUT2D eigenvalue weighted by molar-refractivity contribution is -0.120.